The van der Waals surface area contributed by atoms with Gasteiger partial charge in [0.25, 0.3) is 5.91 Å². The van der Waals surface area contributed by atoms with Crippen molar-refractivity contribution >= 4 is 12.1 Å². The van der Waals surface area contributed by atoms with E-state index in [2.05, 4.69) is 30.5 Å². The van der Waals surface area contributed by atoms with Crippen molar-refractivity contribution in [1.29, 1.82) is 0 Å². The van der Waals surface area contributed by atoms with E-state index in [4.69, 9.17) is 12.2 Å². The number of amides is 1. The Hall–Kier alpha value is -3.95. The van der Waals surface area contributed by atoms with E-state index in [-0.39, 0.29) is 17.1 Å². The summed E-state index contributed by atoms with van der Waals surface area (Å²) in [6.07, 6.45) is 6.42. The highest BCUT2D eigenvalue weighted by molar-refractivity contribution is 5.93. The Kier molecular flexibility index (Phi) is 5.51. The second-order valence-corrected chi connectivity index (χ2v) is 5.44. The highest BCUT2D eigenvalue weighted by Gasteiger charge is 2.10. The van der Waals surface area contributed by atoms with Gasteiger partial charge in [-0.1, -0.05) is 0 Å². The van der Waals surface area contributed by atoms with Gasteiger partial charge in [0, 0.05) is 17.8 Å². The summed E-state index contributed by atoms with van der Waals surface area (Å²) in [5.74, 6) is -0.981. The minimum absolute atomic E-state index is 0.0240. The number of methoxy groups -OCH3 is 1. The number of carbonyl (C=O) groups is 1. The predicted molar refractivity (Wildman–Crippen MR) is 102 cm³/mol. The fourth-order valence-electron chi connectivity index (χ4n) is 2.18. The van der Waals surface area contributed by atoms with E-state index in [1.807, 2.05) is 0 Å². The molecule has 3 heterocycles. The molecule has 148 valence electrons. The number of halogens is 1. The van der Waals surface area contributed by atoms with Crippen LogP contribution >= 0.6 is 0 Å². The van der Waals surface area contributed by atoms with Gasteiger partial charge < -0.3 is 9.47 Å². The second kappa shape index (κ2) is 9.31. The van der Waals surface area contributed by atoms with Crippen molar-refractivity contribution < 1.29 is 21.4 Å². The van der Waals surface area contributed by atoms with Crippen molar-refractivity contribution in [3.8, 4) is 22.9 Å². The topological polar surface area (TPSA) is 111 Å². The first-order valence-corrected chi connectivity index (χ1v) is 8.25. The Morgan fingerprint density at radius 1 is 1.31 bits per heavy atom. The van der Waals surface area contributed by atoms with E-state index in [9.17, 15) is 9.18 Å². The van der Waals surface area contributed by atoms with Gasteiger partial charge >= 0.3 is 0 Å². The maximum Gasteiger partial charge on any atom is 0.291 e. The zero-order chi connectivity index (χ0) is 22.4. The van der Waals surface area contributed by atoms with Gasteiger partial charge in [-0.3, -0.25) is 9.78 Å². The van der Waals surface area contributed by atoms with E-state index >= 15 is 0 Å². The lowest BCUT2D eigenvalue weighted by atomic mass is 10.2. The summed E-state index contributed by atoms with van der Waals surface area (Å²) in [6, 6.07) is 4.46. The van der Waals surface area contributed by atoms with Gasteiger partial charge in [-0.2, -0.15) is 9.49 Å². The van der Waals surface area contributed by atoms with Crippen LogP contribution in [0.15, 0.2) is 48.1 Å². The lowest BCUT2D eigenvalue weighted by molar-refractivity contribution is 0.0950. The van der Waals surface area contributed by atoms with Gasteiger partial charge in [0.05, 0.1) is 52.5 Å². The molecule has 3 aromatic rings. The lowest BCUT2D eigenvalue weighted by Gasteiger charge is -2.05. The molecular formula is C19H17FN6O3. The number of nitrogens with one attached hydrogen (secondary N) is 1. The summed E-state index contributed by atoms with van der Waals surface area (Å²) in [6.45, 7) is -0.603. The molecule has 3 rings (SSSR count). The molecule has 1 amide bonds. The number of hydrogen-bond donors (Lipinski definition) is 1. The first-order chi connectivity index (χ1) is 14.7. The number of aromatic nitrogens is 4. The minimum Gasteiger partial charge on any atom is -0.495 e. The second-order valence-electron chi connectivity index (χ2n) is 5.44. The Bertz CT molecular complexity index is 1110. The van der Waals surface area contributed by atoms with Crippen molar-refractivity contribution in [3.63, 3.8) is 0 Å². The largest absolute Gasteiger partial charge is 0.495 e. The van der Waals surface area contributed by atoms with Crippen LogP contribution in [-0.4, -0.2) is 45.7 Å². The van der Waals surface area contributed by atoms with Crippen LogP contribution in [0.25, 0.3) is 11.3 Å². The van der Waals surface area contributed by atoms with Crippen LogP contribution in [0.4, 0.5) is 4.39 Å². The van der Waals surface area contributed by atoms with E-state index in [0.717, 1.165) is 6.21 Å². The lowest BCUT2D eigenvalue weighted by Crippen LogP contribution is -2.19. The predicted octanol–water partition coefficient (Wildman–Crippen LogP) is 2.24. The fourth-order valence-corrected chi connectivity index (χ4v) is 2.18. The molecule has 9 nitrogen and oxygen atoms in total. The van der Waals surface area contributed by atoms with E-state index in [1.165, 1.54) is 51.0 Å². The SMILES string of the molecule is [2H]C([2H])(C)Oc1ccc(-c2cncc(C(=O)N/N=C/c3cc(OC)cnc3F)n2)cn1. The molecule has 0 atom stereocenters. The van der Waals surface area contributed by atoms with E-state index in [0.29, 0.717) is 17.0 Å². The average Bonchev–Trinajstić information content (AvgIpc) is 2.74. The van der Waals surface area contributed by atoms with E-state index < -0.39 is 18.4 Å². The smallest absolute Gasteiger partial charge is 0.291 e. The normalized spacial score (nSPS) is 12.2. The van der Waals surface area contributed by atoms with E-state index in [1.54, 1.807) is 6.07 Å². The monoisotopic (exact) mass is 398 g/mol. The third kappa shape index (κ3) is 5.06. The summed E-state index contributed by atoms with van der Waals surface area (Å²) in [5.41, 5.74) is 3.15. The summed E-state index contributed by atoms with van der Waals surface area (Å²) in [7, 11) is 1.42. The number of pyridine rings is 2. The zero-order valence-electron chi connectivity index (χ0n) is 17.5. The van der Waals surface area contributed by atoms with Gasteiger partial charge in [-0.15, -0.1) is 0 Å². The van der Waals surface area contributed by atoms with Gasteiger partial charge in [0.15, 0.2) is 0 Å². The van der Waals surface area contributed by atoms with Crippen molar-refractivity contribution in [2.45, 2.75) is 6.92 Å². The Morgan fingerprint density at radius 3 is 2.90 bits per heavy atom. The molecule has 0 spiro atoms. The molecule has 1 N–H and O–H groups in total. The Morgan fingerprint density at radius 2 is 2.17 bits per heavy atom. The molecule has 29 heavy (non-hydrogen) atoms. The molecular weight excluding hydrogens is 379 g/mol. The Labute approximate surface area is 168 Å². The molecule has 0 saturated carbocycles. The van der Waals surface area contributed by atoms with Crippen molar-refractivity contribution in [3.05, 3.63) is 60.2 Å². The molecule has 0 fully saturated rings. The molecule has 10 heteroatoms. The van der Waals surface area contributed by atoms with Crippen molar-refractivity contribution in [2.24, 2.45) is 5.10 Å². The third-order valence-corrected chi connectivity index (χ3v) is 3.55. The average molecular weight is 398 g/mol. The van der Waals surface area contributed by atoms with Gasteiger partial charge in [0.2, 0.25) is 11.8 Å². The van der Waals surface area contributed by atoms with Crippen LogP contribution in [0.3, 0.4) is 0 Å². The molecule has 0 radical (unpaired) electrons. The summed E-state index contributed by atoms with van der Waals surface area (Å²) >= 11 is 0. The van der Waals surface area contributed by atoms with Crippen LogP contribution in [0.1, 0.15) is 25.7 Å². The summed E-state index contributed by atoms with van der Waals surface area (Å²) in [4.78, 5) is 28.0. The van der Waals surface area contributed by atoms with Gasteiger partial charge in [-0.05, 0) is 19.1 Å². The van der Waals surface area contributed by atoms with Crippen LogP contribution in [0.5, 0.6) is 11.6 Å². The van der Waals surface area contributed by atoms with Crippen LogP contribution in [-0.2, 0) is 0 Å². The van der Waals surface area contributed by atoms with Gasteiger partial charge in [-0.25, -0.2) is 20.4 Å². The first-order valence-electron chi connectivity index (χ1n) is 9.25. The maximum atomic E-state index is 13.7. The molecule has 0 aliphatic heterocycles. The van der Waals surface area contributed by atoms with Crippen LogP contribution < -0.4 is 14.9 Å². The molecule has 0 aliphatic carbocycles. The number of ether oxygens (including phenoxy) is 2. The fraction of sp³-hybridized carbons (Fsp3) is 0.158. The van der Waals surface area contributed by atoms with Crippen LogP contribution in [0, 0.1) is 5.95 Å². The number of carbonyl (C=O) groups excluding carboxylic acids is 1. The summed E-state index contributed by atoms with van der Waals surface area (Å²) < 4.78 is 38.5. The van der Waals surface area contributed by atoms with Crippen LogP contribution in [0.2, 0.25) is 0 Å². The number of hydrazone groups is 1. The maximum absolute atomic E-state index is 13.7. The molecule has 0 saturated heterocycles. The molecule has 0 aliphatic rings. The van der Waals surface area contributed by atoms with Crippen molar-refractivity contribution in [1.82, 2.24) is 25.4 Å². The third-order valence-electron chi connectivity index (χ3n) is 3.55. The minimum atomic E-state index is -1.86. The number of hydrogen-bond acceptors (Lipinski definition) is 8. The van der Waals surface area contributed by atoms with Gasteiger partial charge in [0.1, 0.15) is 11.4 Å². The number of nitrogens with zero attached hydrogens (tertiary/aromatic N) is 5. The highest BCUT2D eigenvalue weighted by atomic mass is 19.1. The number of rotatable bonds is 7. The quantitative estimate of drug-likeness (QED) is 0.369. The first kappa shape index (κ1) is 17.2. The zero-order valence-corrected chi connectivity index (χ0v) is 15.5. The molecule has 3 aromatic heterocycles. The molecule has 0 aromatic carbocycles. The highest BCUT2D eigenvalue weighted by Crippen LogP contribution is 2.18. The molecule has 0 unspecified atom stereocenters. The standard InChI is InChI=1S/C19H17FN6O3/c1-3-29-17-5-4-12(7-22-17)15-10-21-11-16(25-15)19(27)26-24-8-13-6-14(28-2)9-23-18(13)20/h4-11H,3H2,1-2H3,(H,26,27)/b24-8+/i3D2. The van der Waals surface area contributed by atoms with Crippen molar-refractivity contribution in [2.75, 3.05) is 13.7 Å². The molecule has 0 bridgehead atoms. The Balaban J connectivity index is 1.70. The summed E-state index contributed by atoms with van der Waals surface area (Å²) in [5, 5.41) is 3.71.